The summed E-state index contributed by atoms with van der Waals surface area (Å²) in [4.78, 5) is 31.6. The number of nitrogens with one attached hydrogen (secondary N) is 1. The van der Waals surface area contributed by atoms with Crippen LogP contribution in [-0.4, -0.2) is 34.3 Å². The van der Waals surface area contributed by atoms with Crippen molar-refractivity contribution in [1.29, 1.82) is 0 Å². The number of aromatic nitrogens is 1. The molecule has 142 valence electrons. The molecular formula is C21H24ClN3O2. The van der Waals surface area contributed by atoms with E-state index in [1.165, 1.54) is 6.20 Å². The number of amides is 2. The molecule has 27 heavy (non-hydrogen) atoms. The van der Waals surface area contributed by atoms with Crippen molar-refractivity contribution >= 4 is 29.1 Å². The zero-order valence-corrected chi connectivity index (χ0v) is 16.4. The minimum atomic E-state index is -0.360. The van der Waals surface area contributed by atoms with Crippen molar-refractivity contribution in [1.82, 2.24) is 9.88 Å². The summed E-state index contributed by atoms with van der Waals surface area (Å²) in [6, 6.07) is 8.84. The van der Waals surface area contributed by atoms with Crippen LogP contribution in [0.1, 0.15) is 59.0 Å². The largest absolute Gasteiger partial charge is 0.336 e. The highest BCUT2D eigenvalue weighted by atomic mass is 35.5. The Hall–Kier alpha value is -2.40. The zero-order chi connectivity index (χ0) is 19.4. The molecule has 1 aliphatic rings. The Morgan fingerprint density at radius 3 is 2.89 bits per heavy atom. The number of nitrogens with zero attached hydrogens (tertiary/aromatic N) is 2. The van der Waals surface area contributed by atoms with Gasteiger partial charge in [0.1, 0.15) is 5.69 Å². The lowest BCUT2D eigenvalue weighted by atomic mass is 9.99. The van der Waals surface area contributed by atoms with E-state index in [0.717, 1.165) is 37.8 Å². The van der Waals surface area contributed by atoms with Crippen LogP contribution >= 0.6 is 11.6 Å². The molecule has 0 spiro atoms. The van der Waals surface area contributed by atoms with Crippen LogP contribution in [0.15, 0.2) is 36.5 Å². The molecule has 1 aliphatic heterocycles. The first-order chi connectivity index (χ1) is 13.0. The molecule has 3 rings (SSSR count). The fraction of sp³-hybridized carbons (Fsp3) is 0.381. The van der Waals surface area contributed by atoms with Gasteiger partial charge in [0.05, 0.1) is 0 Å². The van der Waals surface area contributed by atoms with E-state index in [1.807, 2.05) is 11.8 Å². The van der Waals surface area contributed by atoms with Gasteiger partial charge in [-0.05, 0) is 62.4 Å². The second-order valence-electron chi connectivity index (χ2n) is 6.85. The van der Waals surface area contributed by atoms with E-state index in [1.54, 1.807) is 30.3 Å². The van der Waals surface area contributed by atoms with Crippen LogP contribution in [0.5, 0.6) is 0 Å². The van der Waals surface area contributed by atoms with Crippen LogP contribution in [-0.2, 0) is 0 Å². The molecule has 6 heteroatoms. The van der Waals surface area contributed by atoms with E-state index >= 15 is 0 Å². The second kappa shape index (κ2) is 8.53. The van der Waals surface area contributed by atoms with Crippen molar-refractivity contribution in [3.05, 3.63) is 58.4 Å². The van der Waals surface area contributed by atoms with E-state index < -0.39 is 0 Å². The summed E-state index contributed by atoms with van der Waals surface area (Å²) in [6.07, 6.45) is 5.67. The average molecular weight is 386 g/mol. The summed E-state index contributed by atoms with van der Waals surface area (Å²) in [5.41, 5.74) is 2.13. The molecular weight excluding hydrogens is 362 g/mol. The highest BCUT2D eigenvalue weighted by Gasteiger charge is 2.26. The normalized spacial score (nSPS) is 16.9. The third kappa shape index (κ3) is 4.30. The summed E-state index contributed by atoms with van der Waals surface area (Å²) in [6.45, 7) is 4.71. The Morgan fingerprint density at radius 2 is 2.11 bits per heavy atom. The number of halogens is 1. The fourth-order valence-corrected chi connectivity index (χ4v) is 3.65. The van der Waals surface area contributed by atoms with Crippen LogP contribution in [0.3, 0.4) is 0 Å². The Kier molecular flexibility index (Phi) is 6.11. The van der Waals surface area contributed by atoms with Crippen molar-refractivity contribution in [2.75, 3.05) is 11.9 Å². The second-order valence-corrected chi connectivity index (χ2v) is 7.26. The number of carbonyl (C=O) groups excluding carboxylic acids is 2. The number of hydrogen-bond acceptors (Lipinski definition) is 3. The Bertz CT molecular complexity index is 853. The molecule has 1 saturated heterocycles. The Balaban J connectivity index is 1.79. The third-order valence-electron chi connectivity index (χ3n) is 5.11. The van der Waals surface area contributed by atoms with Gasteiger partial charge in [-0.2, -0.15) is 0 Å². The Labute approximate surface area is 164 Å². The van der Waals surface area contributed by atoms with Gasteiger partial charge in [0.15, 0.2) is 0 Å². The van der Waals surface area contributed by atoms with Gasteiger partial charge in [-0.25, -0.2) is 0 Å². The number of benzene rings is 1. The Morgan fingerprint density at radius 1 is 1.30 bits per heavy atom. The van der Waals surface area contributed by atoms with Gasteiger partial charge in [0.25, 0.3) is 11.8 Å². The summed E-state index contributed by atoms with van der Waals surface area (Å²) in [5, 5.41) is 3.41. The van der Waals surface area contributed by atoms with E-state index in [2.05, 4.69) is 17.2 Å². The number of pyridine rings is 1. The number of carbonyl (C=O) groups is 2. The van der Waals surface area contributed by atoms with Crippen LogP contribution < -0.4 is 5.32 Å². The number of hydrogen-bond donors (Lipinski definition) is 1. The summed E-state index contributed by atoms with van der Waals surface area (Å²) in [5.74, 6) is -0.391. The lowest BCUT2D eigenvalue weighted by molar-refractivity contribution is 0.0608. The maximum Gasteiger partial charge on any atom is 0.274 e. The van der Waals surface area contributed by atoms with Gasteiger partial charge in [-0.3, -0.25) is 14.6 Å². The van der Waals surface area contributed by atoms with Gasteiger partial charge >= 0.3 is 0 Å². The van der Waals surface area contributed by atoms with Crippen molar-refractivity contribution in [2.24, 2.45) is 0 Å². The quantitative estimate of drug-likeness (QED) is 0.829. The molecule has 0 radical (unpaired) electrons. The first-order valence-corrected chi connectivity index (χ1v) is 9.72. The monoisotopic (exact) mass is 385 g/mol. The maximum atomic E-state index is 12.9. The molecule has 0 bridgehead atoms. The maximum absolute atomic E-state index is 12.9. The third-order valence-corrected chi connectivity index (χ3v) is 5.52. The molecule has 1 aromatic carbocycles. The lowest BCUT2D eigenvalue weighted by Crippen LogP contribution is -2.43. The highest BCUT2D eigenvalue weighted by molar-refractivity contribution is 6.31. The molecule has 2 aromatic rings. The predicted molar refractivity (Wildman–Crippen MR) is 107 cm³/mol. The molecule has 1 aromatic heterocycles. The molecule has 1 unspecified atom stereocenters. The predicted octanol–water partition coefficient (Wildman–Crippen LogP) is 4.70. The van der Waals surface area contributed by atoms with Crippen molar-refractivity contribution in [3.63, 3.8) is 0 Å². The summed E-state index contributed by atoms with van der Waals surface area (Å²) >= 11 is 6.11. The molecule has 2 heterocycles. The van der Waals surface area contributed by atoms with Gasteiger partial charge in [0, 0.05) is 35.1 Å². The van der Waals surface area contributed by atoms with Gasteiger partial charge < -0.3 is 10.2 Å². The molecule has 5 nitrogen and oxygen atoms in total. The number of rotatable bonds is 4. The summed E-state index contributed by atoms with van der Waals surface area (Å²) in [7, 11) is 0. The number of likely N-dealkylation sites (tertiary alicyclic amines) is 1. The van der Waals surface area contributed by atoms with Crippen LogP contribution in [0.25, 0.3) is 0 Å². The van der Waals surface area contributed by atoms with E-state index in [9.17, 15) is 9.59 Å². The standard InChI is InChI=1S/C21H24ClN3O2/c1-3-16-7-4-5-12-25(16)21(27)15-10-11-23-19(13-15)20(26)24-18-9-6-8-17(22)14(18)2/h6,8-11,13,16H,3-5,7,12H2,1-2H3,(H,24,26). The zero-order valence-electron chi connectivity index (χ0n) is 15.7. The molecule has 0 saturated carbocycles. The number of piperidine rings is 1. The van der Waals surface area contributed by atoms with Crippen molar-refractivity contribution < 1.29 is 9.59 Å². The van der Waals surface area contributed by atoms with Gasteiger partial charge in [-0.1, -0.05) is 24.6 Å². The first-order valence-electron chi connectivity index (χ1n) is 9.34. The van der Waals surface area contributed by atoms with Crippen molar-refractivity contribution in [3.8, 4) is 0 Å². The average Bonchev–Trinajstić information content (AvgIpc) is 2.71. The smallest absolute Gasteiger partial charge is 0.274 e. The molecule has 2 amide bonds. The van der Waals surface area contributed by atoms with Gasteiger partial charge in [0.2, 0.25) is 0 Å². The highest BCUT2D eigenvalue weighted by Crippen LogP contribution is 2.24. The molecule has 1 atom stereocenters. The van der Waals surface area contributed by atoms with E-state index in [0.29, 0.717) is 16.3 Å². The van der Waals surface area contributed by atoms with Crippen LogP contribution in [0.2, 0.25) is 5.02 Å². The minimum Gasteiger partial charge on any atom is -0.336 e. The fourth-order valence-electron chi connectivity index (χ4n) is 3.48. The van der Waals surface area contributed by atoms with Crippen LogP contribution in [0, 0.1) is 6.92 Å². The topological polar surface area (TPSA) is 62.3 Å². The first kappa shape index (κ1) is 19.4. The molecule has 1 fully saturated rings. The van der Waals surface area contributed by atoms with E-state index in [4.69, 9.17) is 11.6 Å². The van der Waals surface area contributed by atoms with E-state index in [-0.39, 0.29) is 23.6 Å². The summed E-state index contributed by atoms with van der Waals surface area (Å²) < 4.78 is 0. The van der Waals surface area contributed by atoms with Crippen LogP contribution in [0.4, 0.5) is 5.69 Å². The van der Waals surface area contributed by atoms with Gasteiger partial charge in [-0.15, -0.1) is 0 Å². The van der Waals surface area contributed by atoms with Crippen molar-refractivity contribution in [2.45, 2.75) is 45.6 Å². The number of anilines is 1. The minimum absolute atomic E-state index is 0.0306. The SMILES string of the molecule is CCC1CCCCN1C(=O)c1ccnc(C(=O)Nc2cccc(Cl)c2C)c1. The molecule has 1 N–H and O–H groups in total. The lowest BCUT2D eigenvalue weighted by Gasteiger charge is -2.35. The molecule has 0 aliphatic carbocycles.